The van der Waals surface area contributed by atoms with Gasteiger partial charge in [-0.3, -0.25) is 4.99 Å². The molecule has 1 fully saturated rings. The minimum atomic E-state index is 0. The number of aliphatic hydroxyl groups excluding tert-OH is 1. The molecule has 0 spiro atoms. The second-order valence-corrected chi connectivity index (χ2v) is 4.28. The summed E-state index contributed by atoms with van der Waals surface area (Å²) in [7, 11) is 0. The highest BCUT2D eigenvalue weighted by Gasteiger charge is 2.41. The van der Waals surface area contributed by atoms with Crippen molar-refractivity contribution in [2.45, 2.75) is 33.1 Å². The van der Waals surface area contributed by atoms with Gasteiger partial charge in [0.15, 0.2) is 5.96 Å². The second-order valence-electron chi connectivity index (χ2n) is 4.28. The molecule has 1 saturated carbocycles. The second kappa shape index (κ2) is 8.11. The van der Waals surface area contributed by atoms with Crippen molar-refractivity contribution in [2.24, 2.45) is 10.4 Å². The van der Waals surface area contributed by atoms with E-state index in [2.05, 4.69) is 29.5 Å². The maximum Gasteiger partial charge on any atom is 0.191 e. The number of rotatable bonds is 6. The third-order valence-corrected chi connectivity index (χ3v) is 2.75. The minimum Gasteiger partial charge on any atom is -0.396 e. The highest BCUT2D eigenvalue weighted by Crippen LogP contribution is 2.45. The van der Waals surface area contributed by atoms with Crippen molar-refractivity contribution >= 4 is 29.9 Å². The molecule has 1 aliphatic carbocycles. The van der Waals surface area contributed by atoms with Crippen molar-refractivity contribution in [3.8, 4) is 0 Å². The molecule has 0 aliphatic heterocycles. The molecule has 0 aromatic heterocycles. The van der Waals surface area contributed by atoms with E-state index in [1.54, 1.807) is 0 Å². The molecule has 0 radical (unpaired) electrons. The van der Waals surface area contributed by atoms with Crippen LogP contribution in [0.15, 0.2) is 4.99 Å². The lowest BCUT2D eigenvalue weighted by molar-refractivity contribution is 0.217. The highest BCUT2D eigenvalue weighted by molar-refractivity contribution is 14.0. The molecule has 0 aromatic rings. The fraction of sp³-hybridized carbons (Fsp3) is 0.909. The van der Waals surface area contributed by atoms with Gasteiger partial charge >= 0.3 is 0 Å². The summed E-state index contributed by atoms with van der Waals surface area (Å²) in [5, 5.41) is 15.6. The molecule has 0 unspecified atom stereocenters. The van der Waals surface area contributed by atoms with E-state index in [-0.39, 0.29) is 36.0 Å². The van der Waals surface area contributed by atoms with Crippen LogP contribution in [0.3, 0.4) is 0 Å². The Morgan fingerprint density at radius 2 is 2.00 bits per heavy atom. The fourth-order valence-electron chi connectivity index (χ4n) is 1.37. The largest absolute Gasteiger partial charge is 0.396 e. The normalized spacial score (nSPS) is 17.6. The Kier molecular flexibility index (Phi) is 8.09. The Morgan fingerprint density at radius 1 is 1.31 bits per heavy atom. The molecule has 0 atom stereocenters. The quantitative estimate of drug-likeness (QED) is 0.388. The lowest BCUT2D eigenvalue weighted by atomic mass is 10.1. The summed E-state index contributed by atoms with van der Waals surface area (Å²) in [5.74, 6) is 0.874. The van der Waals surface area contributed by atoms with Crippen molar-refractivity contribution in [1.29, 1.82) is 0 Å². The molecular weight excluding hydrogens is 317 g/mol. The predicted molar refractivity (Wildman–Crippen MR) is 78.4 cm³/mol. The van der Waals surface area contributed by atoms with Gasteiger partial charge in [0.05, 0.1) is 13.2 Å². The first-order valence-electron chi connectivity index (χ1n) is 5.89. The molecule has 0 saturated heterocycles. The van der Waals surface area contributed by atoms with Gasteiger partial charge in [0.1, 0.15) is 0 Å². The lowest BCUT2D eigenvalue weighted by Gasteiger charge is -2.12. The van der Waals surface area contributed by atoms with E-state index in [0.717, 1.165) is 44.9 Å². The third kappa shape index (κ3) is 5.34. The molecule has 5 heteroatoms. The van der Waals surface area contributed by atoms with E-state index in [4.69, 9.17) is 5.11 Å². The molecule has 4 nitrogen and oxygen atoms in total. The smallest absolute Gasteiger partial charge is 0.191 e. The Labute approximate surface area is 115 Å². The summed E-state index contributed by atoms with van der Waals surface area (Å²) in [5.41, 5.74) is 0.106. The maximum absolute atomic E-state index is 9.17. The zero-order chi connectivity index (χ0) is 11.1. The highest BCUT2D eigenvalue weighted by atomic mass is 127. The van der Waals surface area contributed by atoms with Gasteiger partial charge in [0, 0.05) is 18.5 Å². The van der Waals surface area contributed by atoms with Gasteiger partial charge in [-0.1, -0.05) is 6.92 Å². The number of aliphatic imine (C=N–C) groups is 1. The van der Waals surface area contributed by atoms with Crippen molar-refractivity contribution in [3.05, 3.63) is 0 Å². The first-order valence-corrected chi connectivity index (χ1v) is 5.89. The van der Waals surface area contributed by atoms with Crippen LogP contribution in [0.5, 0.6) is 0 Å². The summed E-state index contributed by atoms with van der Waals surface area (Å²) in [6, 6.07) is 0. The minimum absolute atomic E-state index is 0. The molecule has 0 amide bonds. The number of aliphatic hydroxyl groups is 1. The van der Waals surface area contributed by atoms with E-state index in [9.17, 15) is 0 Å². The third-order valence-electron chi connectivity index (χ3n) is 2.75. The molecule has 1 aliphatic rings. The maximum atomic E-state index is 9.17. The van der Waals surface area contributed by atoms with Gasteiger partial charge < -0.3 is 15.7 Å². The van der Waals surface area contributed by atoms with Crippen molar-refractivity contribution in [2.75, 3.05) is 26.2 Å². The fourth-order valence-corrected chi connectivity index (χ4v) is 1.37. The van der Waals surface area contributed by atoms with E-state index < -0.39 is 0 Å². The lowest BCUT2D eigenvalue weighted by Crippen LogP contribution is -2.38. The summed E-state index contributed by atoms with van der Waals surface area (Å²) >= 11 is 0. The summed E-state index contributed by atoms with van der Waals surface area (Å²) in [6.45, 7) is 7.01. The SMILES string of the molecule is CCCNC(=NCC1(CO)CC1)NCC.I. The molecular formula is C11H24IN3O. The number of hydrogen-bond donors (Lipinski definition) is 3. The monoisotopic (exact) mass is 341 g/mol. The van der Waals surface area contributed by atoms with Crippen LogP contribution < -0.4 is 10.6 Å². The van der Waals surface area contributed by atoms with Crippen LogP contribution in [0.2, 0.25) is 0 Å². The van der Waals surface area contributed by atoms with Gasteiger partial charge in [-0.05, 0) is 26.2 Å². The zero-order valence-electron chi connectivity index (χ0n) is 10.3. The van der Waals surface area contributed by atoms with Crippen molar-refractivity contribution < 1.29 is 5.11 Å². The molecule has 1 rings (SSSR count). The van der Waals surface area contributed by atoms with E-state index in [1.165, 1.54) is 0 Å². The number of nitrogens with one attached hydrogen (secondary N) is 2. The van der Waals surface area contributed by atoms with E-state index >= 15 is 0 Å². The van der Waals surface area contributed by atoms with Crippen LogP contribution in [-0.4, -0.2) is 37.3 Å². The van der Waals surface area contributed by atoms with E-state index in [0.29, 0.717) is 0 Å². The predicted octanol–water partition coefficient (Wildman–Crippen LogP) is 1.34. The van der Waals surface area contributed by atoms with Gasteiger partial charge in [-0.15, -0.1) is 24.0 Å². The van der Waals surface area contributed by atoms with Crippen molar-refractivity contribution in [1.82, 2.24) is 10.6 Å². The number of nitrogens with zero attached hydrogens (tertiary/aromatic N) is 1. The van der Waals surface area contributed by atoms with Gasteiger partial charge in [-0.2, -0.15) is 0 Å². The van der Waals surface area contributed by atoms with Gasteiger partial charge in [0.2, 0.25) is 0 Å². The van der Waals surface area contributed by atoms with E-state index in [1.807, 2.05) is 0 Å². The number of guanidine groups is 1. The van der Waals surface area contributed by atoms with Crippen molar-refractivity contribution in [3.63, 3.8) is 0 Å². The van der Waals surface area contributed by atoms with Crippen LogP contribution in [0.1, 0.15) is 33.1 Å². The summed E-state index contributed by atoms with van der Waals surface area (Å²) < 4.78 is 0. The summed E-state index contributed by atoms with van der Waals surface area (Å²) in [4.78, 5) is 4.49. The molecule has 0 aromatic carbocycles. The molecule has 16 heavy (non-hydrogen) atoms. The number of halogens is 1. The first kappa shape index (κ1) is 16.0. The van der Waals surface area contributed by atoms with Crippen LogP contribution in [-0.2, 0) is 0 Å². The number of hydrogen-bond acceptors (Lipinski definition) is 2. The standard InChI is InChI=1S/C11H23N3O.HI/c1-3-7-13-10(12-4-2)14-8-11(9-15)5-6-11;/h15H,3-9H2,1-2H3,(H2,12,13,14);1H. The van der Waals surface area contributed by atoms with Crippen LogP contribution in [0.25, 0.3) is 0 Å². The topological polar surface area (TPSA) is 56.7 Å². The first-order chi connectivity index (χ1) is 7.26. The van der Waals surface area contributed by atoms with Gasteiger partial charge in [-0.25, -0.2) is 0 Å². The molecule has 0 heterocycles. The molecule has 0 bridgehead atoms. The average Bonchev–Trinajstić information content (AvgIpc) is 3.03. The molecule has 3 N–H and O–H groups in total. The average molecular weight is 341 g/mol. The van der Waals surface area contributed by atoms with Crippen LogP contribution >= 0.6 is 24.0 Å². The van der Waals surface area contributed by atoms with Crippen LogP contribution in [0, 0.1) is 5.41 Å². The summed E-state index contributed by atoms with van der Waals surface area (Å²) in [6.07, 6.45) is 3.32. The molecule has 96 valence electrons. The Hall–Kier alpha value is -0.0400. The zero-order valence-corrected chi connectivity index (χ0v) is 12.6. The Morgan fingerprint density at radius 3 is 2.44 bits per heavy atom. The Bertz CT molecular complexity index is 217. The van der Waals surface area contributed by atoms with Gasteiger partial charge in [0.25, 0.3) is 0 Å². The Balaban J connectivity index is 0.00000225. The van der Waals surface area contributed by atoms with Crippen LogP contribution in [0.4, 0.5) is 0 Å².